The molecule has 0 N–H and O–H groups in total. The first kappa shape index (κ1) is 15.6. The molecule has 7 heteroatoms. The highest BCUT2D eigenvalue weighted by Gasteiger charge is 2.32. The largest absolute Gasteiger partial charge is 0.334 e. The molecule has 4 heterocycles. The van der Waals surface area contributed by atoms with Crippen LogP contribution in [0.1, 0.15) is 23.2 Å². The Morgan fingerprint density at radius 1 is 1.32 bits per heavy atom. The van der Waals surface area contributed by atoms with Crippen LogP contribution in [0.5, 0.6) is 0 Å². The molecule has 3 aromatic heterocycles. The lowest BCUT2D eigenvalue weighted by Gasteiger charge is -2.24. The fraction of sp³-hybridized carbons (Fsp3) is 0.333. The first-order valence-corrected chi connectivity index (χ1v) is 8.45. The van der Waals surface area contributed by atoms with Gasteiger partial charge in [0, 0.05) is 50.1 Å². The standard InChI is InChI=1S/C18H20N6O/c1-22-13-16(17(21-22)14-5-2-7-19-11-14)18(25)24-10-3-6-15(24)12-23-9-4-8-20-23/h2,4-5,7-9,11,13,15H,3,6,10,12H2,1H3/t15-/m1/s1. The smallest absolute Gasteiger partial charge is 0.258 e. The summed E-state index contributed by atoms with van der Waals surface area (Å²) >= 11 is 0. The summed E-state index contributed by atoms with van der Waals surface area (Å²) in [6, 6.07) is 5.85. The lowest BCUT2D eigenvalue weighted by atomic mass is 10.1. The molecule has 0 aromatic carbocycles. The van der Waals surface area contributed by atoms with E-state index in [4.69, 9.17) is 0 Å². The SMILES string of the molecule is Cn1cc(C(=O)N2CCC[C@@H]2Cn2cccn2)c(-c2cccnc2)n1. The van der Waals surface area contributed by atoms with Gasteiger partial charge in [0.05, 0.1) is 18.2 Å². The van der Waals surface area contributed by atoms with Gasteiger partial charge in [-0.2, -0.15) is 10.2 Å². The van der Waals surface area contributed by atoms with Crippen LogP contribution in [0.25, 0.3) is 11.3 Å². The molecule has 3 aromatic rings. The summed E-state index contributed by atoms with van der Waals surface area (Å²) < 4.78 is 3.58. The van der Waals surface area contributed by atoms with E-state index >= 15 is 0 Å². The summed E-state index contributed by atoms with van der Waals surface area (Å²) in [5, 5.41) is 8.76. The summed E-state index contributed by atoms with van der Waals surface area (Å²) in [6.45, 7) is 1.49. The highest BCUT2D eigenvalue weighted by molar-refractivity contribution is 6.00. The number of carbonyl (C=O) groups is 1. The number of nitrogens with zero attached hydrogens (tertiary/aromatic N) is 6. The number of aromatic nitrogens is 5. The van der Waals surface area contributed by atoms with E-state index in [1.807, 2.05) is 41.0 Å². The van der Waals surface area contributed by atoms with Crippen molar-refractivity contribution in [2.45, 2.75) is 25.4 Å². The highest BCUT2D eigenvalue weighted by atomic mass is 16.2. The van der Waals surface area contributed by atoms with E-state index in [2.05, 4.69) is 15.2 Å². The van der Waals surface area contributed by atoms with Crippen LogP contribution in [-0.4, -0.2) is 47.9 Å². The van der Waals surface area contributed by atoms with Crippen LogP contribution in [0.3, 0.4) is 0 Å². The number of likely N-dealkylation sites (tertiary alicyclic amines) is 1. The number of pyridine rings is 1. The first-order valence-electron chi connectivity index (χ1n) is 8.45. The van der Waals surface area contributed by atoms with Crippen LogP contribution in [-0.2, 0) is 13.6 Å². The molecule has 4 rings (SSSR count). The van der Waals surface area contributed by atoms with Crippen molar-refractivity contribution < 1.29 is 4.79 Å². The summed E-state index contributed by atoms with van der Waals surface area (Å²) in [5.41, 5.74) is 2.17. The van der Waals surface area contributed by atoms with E-state index in [0.29, 0.717) is 11.3 Å². The monoisotopic (exact) mass is 336 g/mol. The topological polar surface area (TPSA) is 68.8 Å². The molecular formula is C18H20N6O. The fourth-order valence-corrected chi connectivity index (χ4v) is 3.43. The van der Waals surface area contributed by atoms with Gasteiger partial charge in [0.1, 0.15) is 5.69 Å². The molecule has 1 fully saturated rings. The van der Waals surface area contributed by atoms with E-state index in [1.165, 1.54) is 0 Å². The Labute approximate surface area is 145 Å². The van der Waals surface area contributed by atoms with Gasteiger partial charge in [0.15, 0.2) is 0 Å². The molecule has 1 aliphatic rings. The Morgan fingerprint density at radius 3 is 3.00 bits per heavy atom. The molecule has 25 heavy (non-hydrogen) atoms. The lowest BCUT2D eigenvalue weighted by molar-refractivity contribution is 0.0722. The molecule has 1 aliphatic heterocycles. The zero-order valence-corrected chi connectivity index (χ0v) is 14.1. The van der Waals surface area contributed by atoms with Gasteiger partial charge in [-0.05, 0) is 31.0 Å². The maximum absolute atomic E-state index is 13.2. The Kier molecular flexibility index (Phi) is 4.05. The Morgan fingerprint density at radius 2 is 2.24 bits per heavy atom. The minimum atomic E-state index is 0.0293. The second-order valence-electron chi connectivity index (χ2n) is 6.33. The van der Waals surface area contributed by atoms with E-state index in [-0.39, 0.29) is 11.9 Å². The number of aryl methyl sites for hydroxylation is 1. The normalized spacial score (nSPS) is 17.2. The zero-order chi connectivity index (χ0) is 17.2. The second kappa shape index (κ2) is 6.51. The molecule has 7 nitrogen and oxygen atoms in total. The summed E-state index contributed by atoms with van der Waals surface area (Å²) in [4.78, 5) is 19.3. The highest BCUT2D eigenvalue weighted by Crippen LogP contribution is 2.26. The van der Waals surface area contributed by atoms with Crippen LogP contribution in [0.2, 0.25) is 0 Å². The molecule has 128 valence electrons. The van der Waals surface area contributed by atoms with E-state index in [1.54, 1.807) is 29.5 Å². The average Bonchev–Trinajstić information content (AvgIpc) is 3.36. The molecule has 0 radical (unpaired) electrons. The minimum absolute atomic E-state index is 0.0293. The van der Waals surface area contributed by atoms with Crippen molar-refractivity contribution >= 4 is 5.91 Å². The van der Waals surface area contributed by atoms with Gasteiger partial charge >= 0.3 is 0 Å². The summed E-state index contributed by atoms with van der Waals surface area (Å²) in [7, 11) is 1.84. The third kappa shape index (κ3) is 3.05. The van der Waals surface area contributed by atoms with Gasteiger partial charge in [-0.15, -0.1) is 0 Å². The van der Waals surface area contributed by atoms with Crippen LogP contribution in [0, 0.1) is 0 Å². The lowest BCUT2D eigenvalue weighted by Crippen LogP contribution is -2.38. The number of hydrogen-bond acceptors (Lipinski definition) is 4. The third-order valence-electron chi connectivity index (χ3n) is 4.59. The Balaban J connectivity index is 1.62. The molecule has 0 bridgehead atoms. The number of amides is 1. The molecule has 0 aliphatic carbocycles. The Hall–Kier alpha value is -2.96. The van der Waals surface area contributed by atoms with Crippen molar-refractivity contribution in [3.63, 3.8) is 0 Å². The predicted molar refractivity (Wildman–Crippen MR) is 92.7 cm³/mol. The van der Waals surface area contributed by atoms with Crippen molar-refractivity contribution in [1.82, 2.24) is 29.4 Å². The molecule has 1 amide bonds. The van der Waals surface area contributed by atoms with E-state index < -0.39 is 0 Å². The van der Waals surface area contributed by atoms with Gasteiger partial charge in [-0.1, -0.05) is 0 Å². The fourth-order valence-electron chi connectivity index (χ4n) is 3.43. The molecule has 1 atom stereocenters. The second-order valence-corrected chi connectivity index (χ2v) is 6.33. The number of rotatable bonds is 4. The molecule has 1 saturated heterocycles. The number of hydrogen-bond donors (Lipinski definition) is 0. The van der Waals surface area contributed by atoms with Gasteiger partial charge in [-0.3, -0.25) is 19.1 Å². The maximum Gasteiger partial charge on any atom is 0.258 e. The van der Waals surface area contributed by atoms with Crippen LogP contribution >= 0.6 is 0 Å². The Bertz CT molecular complexity index is 855. The van der Waals surface area contributed by atoms with Crippen molar-refractivity contribution in [3.05, 3.63) is 54.7 Å². The van der Waals surface area contributed by atoms with Crippen LogP contribution < -0.4 is 0 Å². The van der Waals surface area contributed by atoms with Crippen LogP contribution in [0.15, 0.2) is 49.2 Å². The molecule has 0 spiro atoms. The van der Waals surface area contributed by atoms with Crippen LogP contribution in [0.4, 0.5) is 0 Å². The summed E-state index contributed by atoms with van der Waals surface area (Å²) in [6.07, 6.45) is 11.0. The minimum Gasteiger partial charge on any atom is -0.334 e. The van der Waals surface area contributed by atoms with Crippen molar-refractivity contribution in [2.24, 2.45) is 7.05 Å². The average molecular weight is 336 g/mol. The van der Waals surface area contributed by atoms with Gasteiger partial charge in [0.25, 0.3) is 5.91 Å². The molecular weight excluding hydrogens is 316 g/mol. The van der Waals surface area contributed by atoms with Gasteiger partial charge < -0.3 is 4.90 Å². The number of carbonyl (C=O) groups excluding carboxylic acids is 1. The van der Waals surface area contributed by atoms with Gasteiger partial charge in [-0.25, -0.2) is 0 Å². The van der Waals surface area contributed by atoms with E-state index in [9.17, 15) is 4.79 Å². The molecule has 0 unspecified atom stereocenters. The quantitative estimate of drug-likeness (QED) is 0.730. The maximum atomic E-state index is 13.2. The third-order valence-corrected chi connectivity index (χ3v) is 4.59. The van der Waals surface area contributed by atoms with E-state index in [0.717, 1.165) is 31.5 Å². The molecule has 0 saturated carbocycles. The van der Waals surface area contributed by atoms with Crippen molar-refractivity contribution in [3.8, 4) is 11.3 Å². The van der Waals surface area contributed by atoms with Gasteiger partial charge in [0.2, 0.25) is 0 Å². The summed E-state index contributed by atoms with van der Waals surface area (Å²) in [5.74, 6) is 0.0293. The van der Waals surface area contributed by atoms with Crippen molar-refractivity contribution in [2.75, 3.05) is 6.54 Å². The van der Waals surface area contributed by atoms with Crippen molar-refractivity contribution in [1.29, 1.82) is 0 Å². The first-order chi connectivity index (χ1) is 12.2. The predicted octanol–water partition coefficient (Wildman–Crippen LogP) is 1.98. The zero-order valence-electron chi connectivity index (χ0n) is 14.1.